The molecule has 0 aliphatic rings. The van der Waals surface area contributed by atoms with Gasteiger partial charge >= 0.3 is 0 Å². The van der Waals surface area contributed by atoms with Crippen molar-refractivity contribution in [3.05, 3.63) is 6.07 Å². The van der Waals surface area contributed by atoms with E-state index in [1.54, 1.807) is 13.0 Å². The van der Waals surface area contributed by atoms with Gasteiger partial charge in [0, 0.05) is 0 Å². The van der Waals surface area contributed by atoms with E-state index in [1.165, 1.54) is 14.2 Å². The number of hydrogen-bond acceptors (Lipinski definition) is 5. The average Bonchev–Trinajstić information content (AvgIpc) is 2.29. The van der Waals surface area contributed by atoms with Gasteiger partial charge in [-0.15, -0.1) is 5.92 Å². The van der Waals surface area contributed by atoms with E-state index in [-0.39, 0.29) is 0 Å². The summed E-state index contributed by atoms with van der Waals surface area (Å²) in [7, 11) is 3.08. The van der Waals surface area contributed by atoms with Crippen LogP contribution in [-0.4, -0.2) is 30.7 Å². The van der Waals surface area contributed by atoms with E-state index in [9.17, 15) is 0 Å². The molecule has 1 rings (SSSR count). The number of rotatable bonds is 4. The highest BCUT2D eigenvalue weighted by Crippen LogP contribution is 2.16. The Hall–Kier alpha value is -1.96. The number of nitrogens with zero attached hydrogens (tertiary/aromatic N) is 2. The van der Waals surface area contributed by atoms with E-state index in [4.69, 9.17) is 9.47 Å². The molecule has 0 bridgehead atoms. The molecule has 0 atom stereocenters. The Bertz CT molecular complexity index is 360. The van der Waals surface area contributed by atoms with Gasteiger partial charge in [-0.25, -0.2) is 0 Å². The Balaban J connectivity index is 2.80. The van der Waals surface area contributed by atoms with Gasteiger partial charge in [0.15, 0.2) is 0 Å². The fourth-order valence-electron chi connectivity index (χ4n) is 0.904. The molecule has 1 aromatic rings. The highest BCUT2D eigenvalue weighted by molar-refractivity contribution is 5.34. The van der Waals surface area contributed by atoms with Crippen LogP contribution in [0.5, 0.6) is 11.8 Å². The Labute approximate surface area is 88.8 Å². The molecular weight excluding hydrogens is 194 g/mol. The van der Waals surface area contributed by atoms with E-state index in [1.807, 2.05) is 0 Å². The van der Waals surface area contributed by atoms with Gasteiger partial charge in [0.1, 0.15) is 0 Å². The van der Waals surface area contributed by atoms with Crippen LogP contribution in [0.2, 0.25) is 0 Å². The van der Waals surface area contributed by atoms with Crippen molar-refractivity contribution in [2.45, 2.75) is 6.92 Å². The van der Waals surface area contributed by atoms with Crippen LogP contribution >= 0.6 is 0 Å². The minimum Gasteiger partial charge on any atom is -0.481 e. The molecule has 0 aromatic carbocycles. The molecule has 1 N–H and O–H groups in total. The second kappa shape index (κ2) is 5.70. The zero-order valence-corrected chi connectivity index (χ0v) is 9.00. The van der Waals surface area contributed by atoms with Crippen LogP contribution in [0.15, 0.2) is 6.07 Å². The molecule has 0 spiro atoms. The van der Waals surface area contributed by atoms with Crippen molar-refractivity contribution >= 4 is 5.95 Å². The molecule has 80 valence electrons. The fourth-order valence-corrected chi connectivity index (χ4v) is 0.904. The summed E-state index contributed by atoms with van der Waals surface area (Å²) in [5, 5.41) is 2.94. The highest BCUT2D eigenvalue weighted by atomic mass is 16.5. The lowest BCUT2D eigenvalue weighted by atomic mass is 10.5. The zero-order valence-electron chi connectivity index (χ0n) is 9.00. The van der Waals surface area contributed by atoms with Crippen LogP contribution < -0.4 is 14.8 Å². The highest BCUT2D eigenvalue weighted by Gasteiger charge is 2.03. The minimum absolute atomic E-state index is 0.439. The first kappa shape index (κ1) is 11.1. The Morgan fingerprint density at radius 1 is 1.27 bits per heavy atom. The monoisotopic (exact) mass is 207 g/mol. The largest absolute Gasteiger partial charge is 0.481 e. The first-order valence-corrected chi connectivity index (χ1v) is 4.40. The second-order valence-corrected chi connectivity index (χ2v) is 2.56. The first-order valence-electron chi connectivity index (χ1n) is 4.40. The maximum atomic E-state index is 5.00. The smallest absolute Gasteiger partial charge is 0.230 e. The van der Waals surface area contributed by atoms with Crippen molar-refractivity contribution in [2.24, 2.45) is 0 Å². The molecule has 0 saturated carbocycles. The fraction of sp³-hybridized carbons (Fsp3) is 0.400. The maximum absolute atomic E-state index is 5.00. The topological polar surface area (TPSA) is 56.3 Å². The van der Waals surface area contributed by atoms with Gasteiger partial charge < -0.3 is 14.8 Å². The molecule has 0 saturated heterocycles. The summed E-state index contributed by atoms with van der Waals surface area (Å²) in [6.07, 6.45) is 0. The summed E-state index contributed by atoms with van der Waals surface area (Å²) in [5.41, 5.74) is 0. The minimum atomic E-state index is 0.439. The lowest BCUT2D eigenvalue weighted by Gasteiger charge is -2.05. The van der Waals surface area contributed by atoms with E-state index >= 15 is 0 Å². The molecule has 0 aliphatic carbocycles. The second-order valence-electron chi connectivity index (χ2n) is 2.56. The van der Waals surface area contributed by atoms with Gasteiger partial charge in [0.05, 0.1) is 26.8 Å². The van der Waals surface area contributed by atoms with Crippen molar-refractivity contribution in [1.82, 2.24) is 9.97 Å². The third kappa shape index (κ3) is 3.35. The van der Waals surface area contributed by atoms with Crippen molar-refractivity contribution < 1.29 is 9.47 Å². The van der Waals surface area contributed by atoms with Crippen LogP contribution in [0.1, 0.15) is 6.92 Å². The molecule has 0 aliphatic heterocycles. The van der Waals surface area contributed by atoms with Crippen LogP contribution in [0.4, 0.5) is 5.95 Å². The maximum Gasteiger partial charge on any atom is 0.230 e. The number of aromatic nitrogens is 2. The van der Waals surface area contributed by atoms with Crippen molar-refractivity contribution in [3.8, 4) is 23.6 Å². The molecule has 0 fully saturated rings. The third-order valence-electron chi connectivity index (χ3n) is 1.61. The Morgan fingerprint density at radius 2 is 1.87 bits per heavy atom. The van der Waals surface area contributed by atoms with Crippen LogP contribution in [0, 0.1) is 11.8 Å². The van der Waals surface area contributed by atoms with Gasteiger partial charge in [-0.3, -0.25) is 0 Å². The number of hydrogen-bond donors (Lipinski definition) is 1. The van der Waals surface area contributed by atoms with E-state index < -0.39 is 0 Å². The predicted octanol–water partition coefficient (Wildman–Crippen LogP) is 0.929. The summed E-state index contributed by atoms with van der Waals surface area (Å²) in [6.45, 7) is 2.27. The van der Waals surface area contributed by atoms with Gasteiger partial charge in [0.25, 0.3) is 0 Å². The summed E-state index contributed by atoms with van der Waals surface area (Å²) in [6, 6.07) is 1.61. The summed E-state index contributed by atoms with van der Waals surface area (Å²) in [4.78, 5) is 8.16. The standard InChI is InChI=1S/C10H13N3O2/c1-4-5-6-11-10-12-8(14-2)7-9(13-10)15-3/h7H,6H2,1-3H3,(H,11,12,13). The zero-order chi connectivity index (χ0) is 11.1. The Morgan fingerprint density at radius 3 is 2.33 bits per heavy atom. The number of nitrogens with one attached hydrogen (secondary N) is 1. The first-order chi connectivity index (χ1) is 7.30. The van der Waals surface area contributed by atoms with Crippen molar-refractivity contribution in [1.29, 1.82) is 0 Å². The summed E-state index contributed by atoms with van der Waals surface area (Å²) >= 11 is 0. The SMILES string of the molecule is CC#CCNc1nc(OC)cc(OC)n1. The van der Waals surface area contributed by atoms with Crippen LogP contribution in [0.25, 0.3) is 0 Å². The van der Waals surface area contributed by atoms with E-state index in [0.717, 1.165) is 0 Å². The molecule has 1 heterocycles. The van der Waals surface area contributed by atoms with Crippen molar-refractivity contribution in [2.75, 3.05) is 26.1 Å². The third-order valence-corrected chi connectivity index (χ3v) is 1.61. The molecule has 15 heavy (non-hydrogen) atoms. The molecule has 5 nitrogen and oxygen atoms in total. The van der Waals surface area contributed by atoms with Gasteiger partial charge in [-0.05, 0) is 6.92 Å². The Kier molecular flexibility index (Phi) is 4.23. The average molecular weight is 207 g/mol. The molecular formula is C10H13N3O2. The predicted molar refractivity (Wildman–Crippen MR) is 57.1 cm³/mol. The molecule has 1 aromatic heterocycles. The van der Waals surface area contributed by atoms with E-state index in [2.05, 4.69) is 27.1 Å². The van der Waals surface area contributed by atoms with Gasteiger partial charge in [0.2, 0.25) is 17.7 Å². The molecule has 0 radical (unpaired) electrons. The van der Waals surface area contributed by atoms with Gasteiger partial charge in [-0.1, -0.05) is 5.92 Å². The van der Waals surface area contributed by atoms with Crippen LogP contribution in [0.3, 0.4) is 0 Å². The lowest BCUT2D eigenvalue weighted by Crippen LogP contribution is -2.05. The quantitative estimate of drug-likeness (QED) is 0.744. The molecule has 5 heteroatoms. The summed E-state index contributed by atoms with van der Waals surface area (Å²) < 4.78 is 9.99. The lowest BCUT2D eigenvalue weighted by molar-refractivity contribution is 0.373. The molecule has 0 unspecified atom stereocenters. The normalized spacial score (nSPS) is 8.73. The summed E-state index contributed by atoms with van der Waals surface area (Å²) in [5.74, 6) is 6.96. The number of methoxy groups -OCH3 is 2. The van der Waals surface area contributed by atoms with Crippen LogP contribution in [-0.2, 0) is 0 Å². The number of anilines is 1. The van der Waals surface area contributed by atoms with Crippen molar-refractivity contribution in [3.63, 3.8) is 0 Å². The number of ether oxygens (including phenoxy) is 2. The molecule has 0 amide bonds. The van der Waals surface area contributed by atoms with Gasteiger partial charge in [-0.2, -0.15) is 9.97 Å². The van der Waals surface area contributed by atoms with E-state index in [0.29, 0.717) is 24.3 Å².